The molecule has 1 fully saturated rings. The molecule has 0 unspecified atom stereocenters. The van der Waals surface area contributed by atoms with Crippen LogP contribution in [0, 0.1) is 6.92 Å². The molecule has 1 aromatic rings. The highest BCUT2D eigenvalue weighted by Gasteiger charge is 2.35. The quantitative estimate of drug-likeness (QED) is 0.722. The lowest BCUT2D eigenvalue weighted by Gasteiger charge is -2.39. The van der Waals surface area contributed by atoms with E-state index in [-0.39, 0.29) is 11.5 Å². The average molecular weight is 320 g/mol. The summed E-state index contributed by atoms with van der Waals surface area (Å²) >= 11 is 0. The Labute approximate surface area is 138 Å². The molecule has 23 heavy (non-hydrogen) atoms. The van der Waals surface area contributed by atoms with Gasteiger partial charge in [-0.15, -0.1) is 0 Å². The topological polar surface area (TPSA) is 55.6 Å². The number of ether oxygens (including phenoxy) is 1. The van der Waals surface area contributed by atoms with E-state index >= 15 is 0 Å². The minimum atomic E-state index is -0.242. The second-order valence-corrected chi connectivity index (χ2v) is 6.37. The zero-order valence-corrected chi connectivity index (χ0v) is 14.6. The number of aryl methyl sites for hydroxylation is 2. The SMILES string of the molecule is C=CC(=O)N(Cc1c(C)noc1CC)CC1(OC)CCCCC1. The summed E-state index contributed by atoms with van der Waals surface area (Å²) in [6.45, 7) is 8.67. The molecule has 0 spiro atoms. The lowest BCUT2D eigenvalue weighted by Crippen LogP contribution is -2.47. The maximum Gasteiger partial charge on any atom is 0.246 e. The third kappa shape index (κ3) is 4.02. The molecule has 1 aliphatic carbocycles. The van der Waals surface area contributed by atoms with Crippen molar-refractivity contribution in [2.75, 3.05) is 13.7 Å². The Morgan fingerprint density at radius 1 is 1.43 bits per heavy atom. The smallest absolute Gasteiger partial charge is 0.246 e. The fourth-order valence-electron chi connectivity index (χ4n) is 3.42. The molecule has 1 heterocycles. The summed E-state index contributed by atoms with van der Waals surface area (Å²) in [5, 5.41) is 4.04. The molecule has 2 rings (SSSR count). The Balaban J connectivity index is 2.21. The number of hydrogen-bond donors (Lipinski definition) is 0. The van der Waals surface area contributed by atoms with E-state index in [1.807, 2.05) is 18.7 Å². The zero-order chi connectivity index (χ0) is 16.9. The van der Waals surface area contributed by atoms with Gasteiger partial charge in [-0.05, 0) is 25.8 Å². The molecule has 1 saturated carbocycles. The average Bonchev–Trinajstić information content (AvgIpc) is 2.94. The van der Waals surface area contributed by atoms with Crippen LogP contribution in [-0.4, -0.2) is 35.2 Å². The molecule has 128 valence electrons. The maximum atomic E-state index is 12.4. The van der Waals surface area contributed by atoms with Crippen molar-refractivity contribution in [3.63, 3.8) is 0 Å². The molecular weight excluding hydrogens is 292 g/mol. The predicted octanol–water partition coefficient (Wildman–Crippen LogP) is 3.41. The van der Waals surface area contributed by atoms with E-state index in [4.69, 9.17) is 9.26 Å². The molecule has 0 N–H and O–H groups in total. The van der Waals surface area contributed by atoms with Gasteiger partial charge in [0.2, 0.25) is 5.91 Å². The molecule has 0 atom stereocenters. The first-order valence-electron chi connectivity index (χ1n) is 8.45. The Bertz CT molecular complexity index is 544. The minimum Gasteiger partial charge on any atom is -0.376 e. The normalized spacial score (nSPS) is 17.0. The summed E-state index contributed by atoms with van der Waals surface area (Å²) in [5.41, 5.74) is 1.61. The number of amides is 1. The third-order valence-electron chi connectivity index (χ3n) is 4.90. The molecule has 0 radical (unpaired) electrons. The number of carbonyl (C=O) groups is 1. The Kier molecular flexibility index (Phi) is 5.99. The molecule has 5 heteroatoms. The van der Waals surface area contributed by atoms with Gasteiger partial charge < -0.3 is 14.2 Å². The minimum absolute atomic E-state index is 0.0744. The van der Waals surface area contributed by atoms with Crippen molar-refractivity contribution >= 4 is 5.91 Å². The van der Waals surface area contributed by atoms with Crippen LogP contribution < -0.4 is 0 Å². The highest BCUT2D eigenvalue weighted by Crippen LogP contribution is 2.32. The van der Waals surface area contributed by atoms with Gasteiger partial charge >= 0.3 is 0 Å². The standard InChI is InChI=1S/C18H28N2O3/c1-5-16-15(14(3)19-23-16)12-20(17(21)6-2)13-18(22-4)10-8-7-9-11-18/h6H,2,5,7-13H2,1,3-4H3. The third-order valence-corrected chi connectivity index (χ3v) is 4.90. The van der Waals surface area contributed by atoms with Crippen LogP contribution in [0.5, 0.6) is 0 Å². The van der Waals surface area contributed by atoms with Crippen LogP contribution in [0.1, 0.15) is 56.0 Å². The van der Waals surface area contributed by atoms with Gasteiger partial charge in [-0.3, -0.25) is 4.79 Å². The first kappa shape index (κ1) is 17.7. The van der Waals surface area contributed by atoms with E-state index < -0.39 is 0 Å². The van der Waals surface area contributed by atoms with Crippen LogP contribution >= 0.6 is 0 Å². The first-order valence-corrected chi connectivity index (χ1v) is 8.45. The van der Waals surface area contributed by atoms with Crippen LogP contribution in [0.3, 0.4) is 0 Å². The number of carbonyl (C=O) groups excluding carboxylic acids is 1. The predicted molar refractivity (Wildman–Crippen MR) is 89.1 cm³/mol. The fourth-order valence-corrected chi connectivity index (χ4v) is 3.42. The Morgan fingerprint density at radius 2 is 2.13 bits per heavy atom. The van der Waals surface area contributed by atoms with Gasteiger partial charge in [-0.1, -0.05) is 37.9 Å². The molecule has 0 saturated heterocycles. The van der Waals surface area contributed by atoms with E-state index in [0.29, 0.717) is 13.1 Å². The van der Waals surface area contributed by atoms with Crippen molar-refractivity contribution in [1.82, 2.24) is 10.1 Å². The molecule has 1 amide bonds. The van der Waals surface area contributed by atoms with Gasteiger partial charge in [0.15, 0.2) is 0 Å². The van der Waals surface area contributed by atoms with Gasteiger partial charge in [-0.25, -0.2) is 0 Å². The molecule has 1 aromatic heterocycles. The van der Waals surface area contributed by atoms with Crippen molar-refractivity contribution in [1.29, 1.82) is 0 Å². The molecule has 0 aromatic carbocycles. The number of rotatable bonds is 7. The summed E-state index contributed by atoms with van der Waals surface area (Å²) < 4.78 is 11.2. The van der Waals surface area contributed by atoms with Crippen LogP contribution in [0.2, 0.25) is 0 Å². The van der Waals surface area contributed by atoms with Gasteiger partial charge in [0.25, 0.3) is 0 Å². The number of nitrogens with zero attached hydrogens (tertiary/aromatic N) is 2. The summed E-state index contributed by atoms with van der Waals surface area (Å²) in [7, 11) is 1.75. The van der Waals surface area contributed by atoms with Gasteiger partial charge in [0, 0.05) is 19.1 Å². The summed E-state index contributed by atoms with van der Waals surface area (Å²) in [4.78, 5) is 14.2. The maximum absolute atomic E-state index is 12.4. The summed E-state index contributed by atoms with van der Waals surface area (Å²) in [6.07, 6.45) is 7.67. The lowest BCUT2D eigenvalue weighted by atomic mass is 9.84. The fraction of sp³-hybridized carbons (Fsp3) is 0.667. The second kappa shape index (κ2) is 7.77. The van der Waals surface area contributed by atoms with Crippen LogP contribution in [-0.2, 0) is 22.5 Å². The van der Waals surface area contributed by atoms with Crippen LogP contribution in [0.15, 0.2) is 17.2 Å². The molecular formula is C18H28N2O3. The molecule has 0 bridgehead atoms. The van der Waals surface area contributed by atoms with E-state index in [1.54, 1.807) is 7.11 Å². The Hall–Kier alpha value is -1.62. The van der Waals surface area contributed by atoms with Crippen LogP contribution in [0.25, 0.3) is 0 Å². The number of methoxy groups -OCH3 is 1. The number of hydrogen-bond acceptors (Lipinski definition) is 4. The van der Waals surface area contributed by atoms with Gasteiger partial charge in [0.05, 0.1) is 24.4 Å². The van der Waals surface area contributed by atoms with Gasteiger partial charge in [-0.2, -0.15) is 0 Å². The highest BCUT2D eigenvalue weighted by molar-refractivity contribution is 5.87. The lowest BCUT2D eigenvalue weighted by molar-refractivity contribution is -0.133. The van der Waals surface area contributed by atoms with E-state index in [0.717, 1.165) is 49.1 Å². The van der Waals surface area contributed by atoms with Crippen molar-refractivity contribution in [3.05, 3.63) is 29.7 Å². The largest absolute Gasteiger partial charge is 0.376 e. The summed E-state index contributed by atoms with van der Waals surface area (Å²) in [6, 6.07) is 0. The molecule has 1 aliphatic rings. The second-order valence-electron chi connectivity index (χ2n) is 6.37. The van der Waals surface area contributed by atoms with E-state index in [9.17, 15) is 4.79 Å². The van der Waals surface area contributed by atoms with E-state index in [2.05, 4.69) is 11.7 Å². The number of aromatic nitrogens is 1. The highest BCUT2D eigenvalue weighted by atomic mass is 16.5. The van der Waals surface area contributed by atoms with Crippen molar-refractivity contribution in [3.8, 4) is 0 Å². The summed E-state index contributed by atoms with van der Waals surface area (Å²) in [5.74, 6) is 0.772. The molecule has 5 nitrogen and oxygen atoms in total. The van der Waals surface area contributed by atoms with Crippen molar-refractivity contribution in [2.45, 2.75) is 64.5 Å². The van der Waals surface area contributed by atoms with Crippen molar-refractivity contribution in [2.24, 2.45) is 0 Å². The van der Waals surface area contributed by atoms with Gasteiger partial charge in [0.1, 0.15) is 5.76 Å². The monoisotopic (exact) mass is 320 g/mol. The first-order chi connectivity index (χ1) is 11.0. The van der Waals surface area contributed by atoms with E-state index in [1.165, 1.54) is 12.5 Å². The molecule has 0 aliphatic heterocycles. The zero-order valence-electron chi connectivity index (χ0n) is 14.6. The van der Waals surface area contributed by atoms with Crippen molar-refractivity contribution < 1.29 is 14.1 Å². The van der Waals surface area contributed by atoms with Crippen LogP contribution in [0.4, 0.5) is 0 Å². The Morgan fingerprint density at radius 3 is 2.70 bits per heavy atom.